The van der Waals surface area contributed by atoms with Gasteiger partial charge in [0.15, 0.2) is 0 Å². The lowest BCUT2D eigenvalue weighted by Crippen LogP contribution is -2.48. The van der Waals surface area contributed by atoms with Crippen molar-refractivity contribution in [3.05, 3.63) is 23.7 Å². The van der Waals surface area contributed by atoms with Crippen LogP contribution in [0.15, 0.2) is 16.7 Å². The van der Waals surface area contributed by atoms with Gasteiger partial charge in [0.05, 0.1) is 24.3 Å². The standard InChI is InChI=1S/C12H18N2O3/c1-8-5-14(6-9(2)17-8)12(15)10-3-11(4-13)16-7-10/h3,7-9H,4-6,13H2,1-2H3. The summed E-state index contributed by atoms with van der Waals surface area (Å²) in [5.41, 5.74) is 6.01. The van der Waals surface area contributed by atoms with Crippen molar-refractivity contribution in [2.75, 3.05) is 13.1 Å². The molecule has 0 spiro atoms. The average molecular weight is 238 g/mol. The van der Waals surface area contributed by atoms with Gasteiger partial charge in [0.2, 0.25) is 0 Å². The lowest BCUT2D eigenvalue weighted by molar-refractivity contribution is -0.0586. The Morgan fingerprint density at radius 1 is 1.47 bits per heavy atom. The Kier molecular flexibility index (Phi) is 3.49. The Bertz CT molecular complexity index is 392. The molecule has 1 aliphatic heterocycles. The normalized spacial score (nSPS) is 25.0. The number of nitrogens with two attached hydrogens (primary N) is 1. The van der Waals surface area contributed by atoms with Gasteiger partial charge in [0.25, 0.3) is 5.91 Å². The lowest BCUT2D eigenvalue weighted by atomic mass is 10.2. The average Bonchev–Trinajstić information content (AvgIpc) is 2.75. The minimum Gasteiger partial charge on any atom is -0.467 e. The van der Waals surface area contributed by atoms with Crippen LogP contribution in [0.3, 0.4) is 0 Å². The fourth-order valence-corrected chi connectivity index (χ4v) is 2.13. The highest BCUT2D eigenvalue weighted by molar-refractivity contribution is 5.94. The molecule has 1 fully saturated rings. The molecular weight excluding hydrogens is 220 g/mol. The molecular formula is C12H18N2O3. The van der Waals surface area contributed by atoms with Crippen LogP contribution in [0.2, 0.25) is 0 Å². The first-order valence-corrected chi connectivity index (χ1v) is 5.82. The van der Waals surface area contributed by atoms with Crippen molar-refractivity contribution in [3.8, 4) is 0 Å². The highest BCUT2D eigenvalue weighted by Gasteiger charge is 2.27. The van der Waals surface area contributed by atoms with Gasteiger partial charge in [-0.25, -0.2) is 0 Å². The minimum atomic E-state index is -0.0181. The zero-order valence-electron chi connectivity index (χ0n) is 10.2. The second kappa shape index (κ2) is 4.89. The molecule has 0 radical (unpaired) electrons. The summed E-state index contributed by atoms with van der Waals surface area (Å²) < 4.78 is 10.8. The van der Waals surface area contributed by atoms with Crippen molar-refractivity contribution < 1.29 is 13.9 Å². The van der Waals surface area contributed by atoms with E-state index < -0.39 is 0 Å². The Morgan fingerprint density at radius 3 is 2.65 bits per heavy atom. The number of morpholine rings is 1. The molecule has 94 valence electrons. The van der Waals surface area contributed by atoms with E-state index >= 15 is 0 Å². The van der Waals surface area contributed by atoms with Crippen molar-refractivity contribution in [1.82, 2.24) is 4.90 Å². The van der Waals surface area contributed by atoms with E-state index in [-0.39, 0.29) is 18.1 Å². The smallest absolute Gasteiger partial charge is 0.257 e. The van der Waals surface area contributed by atoms with Gasteiger partial charge in [-0.2, -0.15) is 0 Å². The fourth-order valence-electron chi connectivity index (χ4n) is 2.13. The molecule has 2 atom stereocenters. The van der Waals surface area contributed by atoms with Gasteiger partial charge in [0.1, 0.15) is 12.0 Å². The van der Waals surface area contributed by atoms with Gasteiger partial charge in [-0.05, 0) is 19.9 Å². The summed E-state index contributed by atoms with van der Waals surface area (Å²) >= 11 is 0. The van der Waals surface area contributed by atoms with E-state index in [0.717, 1.165) is 0 Å². The van der Waals surface area contributed by atoms with Gasteiger partial charge >= 0.3 is 0 Å². The summed E-state index contributed by atoms with van der Waals surface area (Å²) in [7, 11) is 0. The van der Waals surface area contributed by atoms with Crippen molar-refractivity contribution >= 4 is 5.91 Å². The molecule has 0 saturated carbocycles. The number of furan rings is 1. The van der Waals surface area contributed by atoms with Gasteiger partial charge in [-0.15, -0.1) is 0 Å². The molecule has 2 unspecified atom stereocenters. The maximum Gasteiger partial charge on any atom is 0.257 e. The van der Waals surface area contributed by atoms with Gasteiger partial charge in [0, 0.05) is 13.1 Å². The van der Waals surface area contributed by atoms with Crippen LogP contribution in [-0.4, -0.2) is 36.1 Å². The first kappa shape index (κ1) is 12.1. The first-order chi connectivity index (χ1) is 8.10. The predicted octanol–water partition coefficient (Wildman–Crippen LogP) is 0.988. The Balaban J connectivity index is 2.08. The molecule has 17 heavy (non-hydrogen) atoms. The van der Waals surface area contributed by atoms with E-state index in [1.807, 2.05) is 13.8 Å². The van der Waals surface area contributed by atoms with Crippen molar-refractivity contribution in [3.63, 3.8) is 0 Å². The molecule has 5 heteroatoms. The van der Waals surface area contributed by atoms with E-state index in [4.69, 9.17) is 14.9 Å². The van der Waals surface area contributed by atoms with E-state index in [0.29, 0.717) is 31.0 Å². The molecule has 1 saturated heterocycles. The number of carbonyl (C=O) groups is 1. The molecule has 2 heterocycles. The number of rotatable bonds is 2. The molecule has 1 aromatic rings. The van der Waals surface area contributed by atoms with Crippen molar-refractivity contribution in [1.29, 1.82) is 0 Å². The number of hydrogen-bond acceptors (Lipinski definition) is 4. The summed E-state index contributed by atoms with van der Waals surface area (Å²) in [6, 6.07) is 1.70. The Labute approximate surface area is 101 Å². The number of amides is 1. The van der Waals surface area contributed by atoms with Crippen molar-refractivity contribution in [2.45, 2.75) is 32.6 Å². The first-order valence-electron chi connectivity index (χ1n) is 5.82. The summed E-state index contributed by atoms with van der Waals surface area (Å²) in [5.74, 6) is 0.609. The van der Waals surface area contributed by atoms with Crippen LogP contribution in [0.4, 0.5) is 0 Å². The van der Waals surface area contributed by atoms with Gasteiger partial charge in [-0.3, -0.25) is 4.79 Å². The molecule has 0 aromatic carbocycles. The van der Waals surface area contributed by atoms with Crippen LogP contribution < -0.4 is 5.73 Å². The molecule has 0 bridgehead atoms. The van der Waals surface area contributed by atoms with E-state index in [2.05, 4.69) is 0 Å². The predicted molar refractivity (Wildman–Crippen MR) is 62.5 cm³/mol. The van der Waals surface area contributed by atoms with Gasteiger partial charge in [-0.1, -0.05) is 0 Å². The molecule has 5 nitrogen and oxygen atoms in total. The number of carbonyl (C=O) groups excluding carboxylic acids is 1. The number of nitrogens with zero attached hydrogens (tertiary/aromatic N) is 1. The van der Waals surface area contributed by atoms with E-state index in [9.17, 15) is 4.79 Å². The zero-order valence-corrected chi connectivity index (χ0v) is 10.2. The van der Waals surface area contributed by atoms with Crippen molar-refractivity contribution in [2.24, 2.45) is 5.73 Å². The second-order valence-electron chi connectivity index (χ2n) is 4.47. The Hall–Kier alpha value is -1.33. The maximum absolute atomic E-state index is 12.2. The lowest BCUT2D eigenvalue weighted by Gasteiger charge is -2.35. The van der Waals surface area contributed by atoms with Gasteiger partial charge < -0.3 is 19.8 Å². The molecule has 0 aliphatic carbocycles. The van der Waals surface area contributed by atoms with Crippen LogP contribution in [0, 0.1) is 0 Å². The second-order valence-corrected chi connectivity index (χ2v) is 4.47. The summed E-state index contributed by atoms with van der Waals surface area (Å²) in [6.07, 6.45) is 1.61. The number of ether oxygens (including phenoxy) is 1. The molecule has 2 rings (SSSR count). The third kappa shape index (κ3) is 2.68. The van der Waals surface area contributed by atoms with Crippen LogP contribution in [0.1, 0.15) is 30.0 Å². The highest BCUT2D eigenvalue weighted by atomic mass is 16.5. The van der Waals surface area contributed by atoms with Crippen LogP contribution in [-0.2, 0) is 11.3 Å². The van der Waals surface area contributed by atoms with Crippen LogP contribution in [0.25, 0.3) is 0 Å². The molecule has 1 amide bonds. The van der Waals surface area contributed by atoms with Crippen LogP contribution >= 0.6 is 0 Å². The molecule has 1 aliphatic rings. The monoisotopic (exact) mass is 238 g/mol. The molecule has 1 aromatic heterocycles. The zero-order chi connectivity index (χ0) is 12.4. The largest absolute Gasteiger partial charge is 0.467 e. The number of hydrogen-bond donors (Lipinski definition) is 1. The van der Waals surface area contributed by atoms with E-state index in [1.54, 1.807) is 11.0 Å². The summed E-state index contributed by atoms with van der Waals surface area (Å²) in [6.45, 7) is 5.48. The quantitative estimate of drug-likeness (QED) is 0.834. The topological polar surface area (TPSA) is 68.7 Å². The summed E-state index contributed by atoms with van der Waals surface area (Å²) in [4.78, 5) is 14.0. The fraction of sp³-hybridized carbons (Fsp3) is 0.583. The SMILES string of the molecule is CC1CN(C(=O)c2coc(CN)c2)CC(C)O1. The molecule has 2 N–H and O–H groups in total. The van der Waals surface area contributed by atoms with Crippen LogP contribution in [0.5, 0.6) is 0 Å². The third-order valence-electron chi connectivity index (χ3n) is 2.81. The Morgan fingerprint density at radius 2 is 2.12 bits per heavy atom. The van der Waals surface area contributed by atoms with E-state index in [1.165, 1.54) is 6.26 Å². The third-order valence-corrected chi connectivity index (χ3v) is 2.81. The maximum atomic E-state index is 12.2. The summed E-state index contributed by atoms with van der Waals surface area (Å²) in [5, 5.41) is 0. The highest BCUT2D eigenvalue weighted by Crippen LogP contribution is 2.16. The minimum absolute atomic E-state index is 0.0181.